The van der Waals surface area contributed by atoms with Gasteiger partial charge < -0.3 is 4.74 Å². The highest BCUT2D eigenvalue weighted by atomic mass is 16.5. The van der Waals surface area contributed by atoms with Gasteiger partial charge in [0, 0.05) is 5.56 Å². The molecule has 1 nitrogen and oxygen atoms in total. The van der Waals surface area contributed by atoms with E-state index in [4.69, 9.17) is 4.74 Å². The van der Waals surface area contributed by atoms with Crippen molar-refractivity contribution in [2.75, 3.05) is 7.11 Å². The first-order chi connectivity index (χ1) is 7.19. The summed E-state index contributed by atoms with van der Waals surface area (Å²) in [6.45, 7) is 6.56. The molecule has 1 rings (SSSR count). The Kier molecular flexibility index (Phi) is 4.41. The highest BCUT2D eigenvalue weighted by Crippen LogP contribution is 2.29. The lowest BCUT2D eigenvalue weighted by Crippen LogP contribution is -1.95. The molecule has 0 spiro atoms. The molecule has 0 aliphatic heterocycles. The summed E-state index contributed by atoms with van der Waals surface area (Å²) < 4.78 is 5.37. The van der Waals surface area contributed by atoms with Crippen LogP contribution in [0, 0.1) is 5.92 Å². The molecule has 0 saturated carbocycles. The summed E-state index contributed by atoms with van der Waals surface area (Å²) in [5.41, 5.74) is 2.58. The lowest BCUT2D eigenvalue weighted by Gasteiger charge is -2.13. The lowest BCUT2D eigenvalue weighted by atomic mass is 9.95. The van der Waals surface area contributed by atoms with E-state index in [1.165, 1.54) is 11.1 Å². The Balaban J connectivity index is 3.02. The molecule has 0 radical (unpaired) electrons. The van der Waals surface area contributed by atoms with E-state index in [0.29, 0.717) is 5.92 Å². The monoisotopic (exact) mass is 204 g/mol. The molecule has 0 aliphatic carbocycles. The first kappa shape index (κ1) is 11.8. The second kappa shape index (κ2) is 5.59. The predicted molar refractivity (Wildman–Crippen MR) is 66.1 cm³/mol. The molecule has 82 valence electrons. The molecule has 0 saturated heterocycles. The van der Waals surface area contributed by atoms with Gasteiger partial charge in [-0.2, -0.15) is 0 Å². The van der Waals surface area contributed by atoms with Gasteiger partial charge in [-0.3, -0.25) is 0 Å². The molecule has 1 heteroatoms. The van der Waals surface area contributed by atoms with E-state index >= 15 is 0 Å². The maximum absolute atomic E-state index is 5.37. The van der Waals surface area contributed by atoms with Crippen LogP contribution in [0.3, 0.4) is 0 Å². The Morgan fingerprint density at radius 3 is 2.53 bits per heavy atom. The van der Waals surface area contributed by atoms with Crippen LogP contribution in [0.15, 0.2) is 30.3 Å². The average Bonchev–Trinajstić information content (AvgIpc) is 2.25. The van der Waals surface area contributed by atoms with Crippen molar-refractivity contribution in [1.29, 1.82) is 0 Å². The van der Waals surface area contributed by atoms with Crippen molar-refractivity contribution >= 4 is 5.57 Å². The van der Waals surface area contributed by atoms with Crippen LogP contribution in [0.1, 0.15) is 32.8 Å². The second-order valence-corrected chi connectivity index (χ2v) is 4.11. The molecular weight excluding hydrogens is 184 g/mol. The fourth-order valence-electron chi connectivity index (χ4n) is 1.73. The molecule has 0 aromatic heterocycles. The average molecular weight is 204 g/mol. The molecule has 0 aliphatic rings. The smallest absolute Gasteiger partial charge is 0.126 e. The van der Waals surface area contributed by atoms with Crippen LogP contribution in [0.5, 0.6) is 5.75 Å². The van der Waals surface area contributed by atoms with Gasteiger partial charge in [-0.25, -0.2) is 0 Å². The van der Waals surface area contributed by atoms with E-state index in [2.05, 4.69) is 39.0 Å². The Morgan fingerprint density at radius 2 is 2.00 bits per heavy atom. The lowest BCUT2D eigenvalue weighted by molar-refractivity contribution is 0.413. The second-order valence-electron chi connectivity index (χ2n) is 4.11. The van der Waals surface area contributed by atoms with Gasteiger partial charge in [-0.1, -0.05) is 38.1 Å². The number of hydrogen-bond donors (Lipinski definition) is 0. The molecule has 0 atom stereocenters. The molecule has 1 aromatic carbocycles. The van der Waals surface area contributed by atoms with Crippen LogP contribution in [0.4, 0.5) is 0 Å². The zero-order chi connectivity index (χ0) is 11.3. The van der Waals surface area contributed by atoms with Crippen LogP contribution < -0.4 is 4.74 Å². The van der Waals surface area contributed by atoms with E-state index in [-0.39, 0.29) is 0 Å². The molecule has 0 fully saturated rings. The summed E-state index contributed by atoms with van der Waals surface area (Å²) in [4.78, 5) is 0. The number of methoxy groups -OCH3 is 1. The molecule has 1 aromatic rings. The topological polar surface area (TPSA) is 9.23 Å². The molecule has 0 heterocycles. The summed E-state index contributed by atoms with van der Waals surface area (Å²) >= 11 is 0. The fraction of sp³-hybridized carbons (Fsp3) is 0.429. The van der Waals surface area contributed by atoms with Crippen molar-refractivity contribution in [3.63, 3.8) is 0 Å². The summed E-state index contributed by atoms with van der Waals surface area (Å²) in [7, 11) is 1.72. The first-order valence-electron chi connectivity index (χ1n) is 5.47. The Hall–Kier alpha value is -1.24. The fourth-order valence-corrected chi connectivity index (χ4v) is 1.73. The van der Waals surface area contributed by atoms with Gasteiger partial charge in [-0.15, -0.1) is 0 Å². The number of allylic oxidation sites excluding steroid dienone is 2. The Labute approximate surface area is 92.8 Å². The van der Waals surface area contributed by atoms with Gasteiger partial charge in [0.2, 0.25) is 0 Å². The van der Waals surface area contributed by atoms with E-state index in [1.807, 2.05) is 12.1 Å². The first-order valence-corrected chi connectivity index (χ1v) is 5.47. The van der Waals surface area contributed by atoms with Gasteiger partial charge in [0.15, 0.2) is 0 Å². The molecule has 0 bridgehead atoms. The van der Waals surface area contributed by atoms with E-state index in [0.717, 1.165) is 12.2 Å². The van der Waals surface area contributed by atoms with E-state index in [1.54, 1.807) is 7.11 Å². The minimum Gasteiger partial charge on any atom is -0.496 e. The van der Waals surface area contributed by atoms with Gasteiger partial charge in [-0.05, 0) is 30.9 Å². The minimum absolute atomic E-state index is 0.668. The van der Waals surface area contributed by atoms with Gasteiger partial charge in [0.1, 0.15) is 5.75 Å². The van der Waals surface area contributed by atoms with Crippen molar-refractivity contribution in [3.8, 4) is 5.75 Å². The maximum Gasteiger partial charge on any atom is 0.126 e. The number of hydrogen-bond acceptors (Lipinski definition) is 1. The van der Waals surface area contributed by atoms with Crippen molar-refractivity contribution in [3.05, 3.63) is 35.9 Å². The van der Waals surface area contributed by atoms with Crippen LogP contribution in [-0.4, -0.2) is 7.11 Å². The van der Waals surface area contributed by atoms with Crippen LogP contribution in [-0.2, 0) is 0 Å². The van der Waals surface area contributed by atoms with Crippen molar-refractivity contribution in [1.82, 2.24) is 0 Å². The van der Waals surface area contributed by atoms with Crippen molar-refractivity contribution in [2.45, 2.75) is 27.2 Å². The Morgan fingerprint density at radius 1 is 1.33 bits per heavy atom. The number of rotatable bonds is 4. The normalized spacial score (nSPS) is 11.9. The van der Waals surface area contributed by atoms with Gasteiger partial charge >= 0.3 is 0 Å². The summed E-state index contributed by atoms with van der Waals surface area (Å²) in [6, 6.07) is 8.20. The number of benzene rings is 1. The maximum atomic E-state index is 5.37. The number of para-hydroxylation sites is 1. The highest BCUT2D eigenvalue weighted by molar-refractivity contribution is 5.70. The zero-order valence-corrected chi connectivity index (χ0v) is 10.1. The number of ether oxygens (including phenoxy) is 1. The van der Waals surface area contributed by atoms with E-state index in [9.17, 15) is 0 Å². The van der Waals surface area contributed by atoms with Crippen LogP contribution in [0.25, 0.3) is 5.57 Å². The summed E-state index contributed by atoms with van der Waals surface area (Å²) in [5, 5.41) is 0. The largest absolute Gasteiger partial charge is 0.496 e. The molecule has 0 unspecified atom stereocenters. The molecule has 15 heavy (non-hydrogen) atoms. The third-order valence-electron chi connectivity index (χ3n) is 2.43. The van der Waals surface area contributed by atoms with Crippen LogP contribution >= 0.6 is 0 Å². The standard InChI is InChI=1S/C14H20O/c1-5-12(10-11(2)3)13-8-6-7-9-14(13)15-4/h5-9,11H,10H2,1-4H3/b12-5+. The SMILES string of the molecule is C/C=C(\CC(C)C)c1ccccc1OC. The quantitative estimate of drug-likeness (QED) is 0.716. The predicted octanol–water partition coefficient (Wildman–Crippen LogP) is 4.14. The zero-order valence-electron chi connectivity index (χ0n) is 10.1. The molecule has 0 N–H and O–H groups in total. The minimum atomic E-state index is 0.668. The third kappa shape index (κ3) is 3.12. The van der Waals surface area contributed by atoms with E-state index < -0.39 is 0 Å². The summed E-state index contributed by atoms with van der Waals surface area (Å²) in [5.74, 6) is 1.63. The Bertz CT molecular complexity index is 337. The van der Waals surface area contributed by atoms with Gasteiger partial charge in [0.05, 0.1) is 7.11 Å². The van der Waals surface area contributed by atoms with Crippen LogP contribution in [0.2, 0.25) is 0 Å². The van der Waals surface area contributed by atoms with Crippen molar-refractivity contribution < 1.29 is 4.74 Å². The summed E-state index contributed by atoms with van der Waals surface area (Å²) in [6.07, 6.45) is 3.27. The highest BCUT2D eigenvalue weighted by Gasteiger charge is 2.08. The molecule has 0 amide bonds. The van der Waals surface area contributed by atoms with Crippen molar-refractivity contribution in [2.24, 2.45) is 5.92 Å². The molecular formula is C14H20O. The third-order valence-corrected chi connectivity index (χ3v) is 2.43. The van der Waals surface area contributed by atoms with Gasteiger partial charge in [0.25, 0.3) is 0 Å².